The van der Waals surface area contributed by atoms with Crippen LogP contribution in [0.3, 0.4) is 0 Å². The van der Waals surface area contributed by atoms with Crippen molar-refractivity contribution < 1.29 is 23.5 Å². The van der Waals surface area contributed by atoms with Gasteiger partial charge in [0.2, 0.25) is 11.8 Å². The Hall–Kier alpha value is 7.45. The maximum atomic E-state index is 15.3. The second kappa shape index (κ2) is 47.9. The zero-order valence-corrected chi connectivity index (χ0v) is 94.0. The van der Waals surface area contributed by atoms with Crippen LogP contribution >= 0.6 is 304 Å². The van der Waals surface area contributed by atoms with Gasteiger partial charge in [0, 0.05) is 64.1 Å². The third-order valence-electron chi connectivity index (χ3n) is 15.0. The molecule has 2 amide bonds. The first-order valence-corrected chi connectivity index (χ1v) is 94.3. The van der Waals surface area contributed by atoms with Crippen LogP contribution in [0.25, 0.3) is 22.3 Å². The summed E-state index contributed by atoms with van der Waals surface area (Å²) in [6, 6.07) is 24.8. The Morgan fingerprint density at radius 1 is 0.495 bits per heavy atom. The highest BCUT2D eigenvalue weighted by atomic mass is 35.5. The lowest BCUT2D eigenvalue weighted by Crippen LogP contribution is -2.31. The number of hydrogen-bond donors (Lipinski definition) is 3. The molecule has 0 saturated heterocycles. The molecule has 6 aromatic heterocycles. The van der Waals surface area contributed by atoms with Crippen LogP contribution in [0.2, 0.25) is 10.3 Å². The standard InChI is InChI=1S/C26H24ClFN6O.C25H22ClFN6O2.H37P35/c1-3-20-15-23(33(2)32-20)31-22-13-16(6-9-29-22)19-11-17-7-10-34(25(17)21(28)12-19)24(35)14-18-5-4-8-30-26(18)27;1-32-22(13-19(14-34)31-32)30-21-11-15(4-7-28-21)18-9-16-5-8-33(24(16)20(27)10-18)23(35)12-17-3-2-6-29-25(17)26;1-19-28(18)33(29(20(2)3)21(4)5)35(32(26(14)15)27(16)17)34(30(22(6)7)23(8)9)31(24(10)11)25(12)13/h4-6,8-9,11-13,15H,3,7,10,14H2,1-2H3,(H,29,31);2-4,6-7,9-11,13,34H,5,8,12,14H2,1H3,(H,28,30);19H,1-18H2. The number of halogens is 4. The molecule has 0 aliphatic carbocycles. The maximum absolute atomic E-state index is 15.3. The van der Waals surface area contributed by atoms with Gasteiger partial charge < -0.3 is 25.5 Å². The van der Waals surface area contributed by atoms with Crippen molar-refractivity contribution >= 4 is 350 Å². The molecule has 0 bridgehead atoms. The van der Waals surface area contributed by atoms with E-state index in [1.165, 1.54) is 21.9 Å². The smallest absolute Gasteiger partial charge is 0.231 e. The van der Waals surface area contributed by atoms with E-state index in [1.807, 2.05) is 43.4 Å². The summed E-state index contributed by atoms with van der Waals surface area (Å²) in [6.07, 6.45) is 8.56. The molecule has 2 aromatic carbocycles. The third kappa shape index (κ3) is 27.2. The number of pyridine rings is 4. The Morgan fingerprint density at radius 2 is 0.857 bits per heavy atom. The minimum absolute atomic E-state index is 0.000784. The first-order chi connectivity index (χ1) is 49.8. The summed E-state index contributed by atoms with van der Waals surface area (Å²) in [5, 5.41) is 24.9. The largest absolute Gasteiger partial charge is 0.390 e. The van der Waals surface area contributed by atoms with Gasteiger partial charge in [0.1, 0.15) is 45.2 Å². The number of amides is 2. The third-order valence-corrected chi connectivity index (χ3v) is 251. The summed E-state index contributed by atoms with van der Waals surface area (Å²) in [5.74, 6) is 1.39. The molecule has 0 radical (unpaired) electrons. The van der Waals surface area contributed by atoms with E-state index in [0.29, 0.717) is 77.1 Å². The molecule has 568 valence electrons. The predicted octanol–water partition coefficient (Wildman–Crippen LogP) is 29.4. The van der Waals surface area contributed by atoms with Gasteiger partial charge in [-0.25, -0.2) is 28.7 Å². The van der Waals surface area contributed by atoms with Gasteiger partial charge in [-0.05, 0) is 236 Å². The highest BCUT2D eigenvalue weighted by Crippen LogP contribution is 3.40. The van der Waals surface area contributed by atoms with Gasteiger partial charge >= 0.3 is 0 Å². The molecule has 3 N–H and O–H groups in total. The Labute approximate surface area is 687 Å². The summed E-state index contributed by atoms with van der Waals surface area (Å²) in [5.41, 5.74) is 8.02. The second-order valence-corrected chi connectivity index (χ2v) is 163. The lowest BCUT2D eigenvalue weighted by Gasteiger charge is -2.54. The van der Waals surface area contributed by atoms with Crippen molar-refractivity contribution in [2.75, 3.05) is 33.5 Å². The minimum atomic E-state index is -0.453. The number of nitrogens with one attached hydrogen (secondary N) is 2. The molecule has 105 heavy (non-hydrogen) atoms. The van der Waals surface area contributed by atoms with Crippen LogP contribution in [0.1, 0.15) is 40.6 Å². The molecule has 2 aliphatic heterocycles. The Balaban J connectivity index is 0.000000199. The predicted molar refractivity (Wildman–Crippen MR) is 559 cm³/mol. The summed E-state index contributed by atoms with van der Waals surface area (Å²) in [7, 11) is 64.8. The van der Waals surface area contributed by atoms with Crippen molar-refractivity contribution in [3.63, 3.8) is 0 Å². The van der Waals surface area contributed by atoms with Crippen LogP contribution in [0.5, 0.6) is 0 Å². The van der Waals surface area contributed by atoms with Gasteiger partial charge in [-0.1, -0.05) is 50.2 Å². The fourth-order valence-electron chi connectivity index (χ4n) is 10.5. The van der Waals surface area contributed by atoms with E-state index >= 15 is 8.78 Å². The van der Waals surface area contributed by atoms with E-state index in [4.69, 9.17) is 23.2 Å². The molecule has 8 aromatic rings. The molecular formula is C51H83Cl2F2N12O3P35. The lowest BCUT2D eigenvalue weighted by atomic mass is 10.0. The number of aromatic nitrogens is 8. The van der Waals surface area contributed by atoms with Crippen molar-refractivity contribution in [2.45, 2.75) is 45.6 Å². The molecule has 54 heteroatoms. The molecule has 22 atom stereocenters. The highest BCUT2D eigenvalue weighted by Gasteiger charge is 2.53. The monoisotopic (exact) mass is 2100 g/mol. The van der Waals surface area contributed by atoms with Crippen LogP contribution in [-0.2, 0) is 62.4 Å². The molecular weight excluding hydrogens is 2020 g/mol. The van der Waals surface area contributed by atoms with E-state index in [-0.39, 0.29) is 153 Å². The first-order valence-electron chi connectivity index (χ1n) is 30.3. The van der Waals surface area contributed by atoms with Crippen LogP contribution in [0.15, 0.2) is 110 Å². The van der Waals surface area contributed by atoms with Gasteiger partial charge in [-0.2, -0.15) is 10.2 Å². The zero-order chi connectivity index (χ0) is 77.0. The Morgan fingerprint density at radius 3 is 1.19 bits per heavy atom. The Bertz CT molecular complexity index is 4000. The quantitative estimate of drug-likeness (QED) is 0.0315. The SMILES string of the molecule is CCc1cc(Nc2cc(-c3cc(F)c4c(c3)CCN4C(=O)Cc3cccnc3Cl)ccn2)n(C)n1.Cn1nc(CO)cc1Nc1cc(-c2cc(F)c3c(c2)CCN3C(=O)Cc2cccnc2Cl)ccn1.PPP(P)P(P(P(P)P)P(P)P)P(P(P(P)P)P(P)P)P(P(P(P)P)P(P)P)P(P(P)P)P(P)P. The number of nitrogens with zero attached hydrogens (tertiary/aromatic N) is 10. The molecule has 8 heterocycles. The van der Waals surface area contributed by atoms with Crippen molar-refractivity contribution in [1.29, 1.82) is 0 Å². The topological polar surface area (TPSA) is 172 Å². The fraction of sp³-hybridized carbons (Fsp3) is 0.216. The van der Waals surface area contributed by atoms with Crippen molar-refractivity contribution in [1.82, 2.24) is 39.5 Å². The summed E-state index contributed by atoms with van der Waals surface area (Å²) >= 11 is 12.2. The van der Waals surface area contributed by atoms with Crippen LogP contribution in [0, 0.1) is 11.6 Å². The van der Waals surface area contributed by atoms with E-state index in [2.05, 4.69) is 208 Å². The average molecular weight is 2110 g/mol. The number of fused-ring (bicyclic) bond motifs is 2. The van der Waals surface area contributed by atoms with Crippen LogP contribution < -0.4 is 20.4 Å². The fourth-order valence-corrected chi connectivity index (χ4v) is 481. The summed E-state index contributed by atoms with van der Waals surface area (Å²) < 4.78 is 34.0. The first kappa shape index (κ1) is 97.9. The number of carbonyl (C=O) groups is 2. The molecule has 0 spiro atoms. The number of aliphatic hydroxyl groups excluding tert-OH is 1. The normalized spacial score (nSPS) is 14.0. The van der Waals surface area contributed by atoms with Gasteiger partial charge in [0.05, 0.1) is 42.2 Å². The zero-order valence-electron chi connectivity index (χ0n) is 56.3. The van der Waals surface area contributed by atoms with E-state index < -0.39 is 11.6 Å². The summed E-state index contributed by atoms with van der Waals surface area (Å²) in [4.78, 5) is 45.6. The van der Waals surface area contributed by atoms with Crippen molar-refractivity contribution in [3.05, 3.63) is 165 Å². The number of aliphatic hydroxyl groups is 1. The average Bonchev–Trinajstić information content (AvgIpc) is 1.55. The molecule has 15 nitrogen and oxygen atoms in total. The number of benzene rings is 2. The van der Waals surface area contributed by atoms with Crippen LogP contribution in [0.4, 0.5) is 43.4 Å². The molecule has 22 unspecified atom stereocenters. The van der Waals surface area contributed by atoms with Gasteiger partial charge in [-0.3, -0.25) is 19.0 Å². The van der Waals surface area contributed by atoms with Crippen molar-refractivity contribution in [3.8, 4) is 22.3 Å². The van der Waals surface area contributed by atoms with E-state index in [1.54, 1.807) is 77.6 Å². The van der Waals surface area contributed by atoms with Gasteiger partial charge in [0.25, 0.3) is 0 Å². The molecule has 0 saturated carbocycles. The second-order valence-electron chi connectivity index (χ2n) is 22.1. The minimum Gasteiger partial charge on any atom is -0.390 e. The number of anilines is 6. The van der Waals surface area contributed by atoms with E-state index in [9.17, 15) is 14.7 Å². The van der Waals surface area contributed by atoms with Gasteiger partial charge in [-0.15, -0.1) is 161 Å². The molecule has 10 rings (SSSR count). The number of aryl methyl sites for hydroxylation is 3. The molecule has 2 aliphatic rings. The number of rotatable bonds is 28. The summed E-state index contributed by atoms with van der Waals surface area (Å²) in [6.45, 7) is 2.10. The van der Waals surface area contributed by atoms with Crippen LogP contribution in [-0.4, -0.2) is 69.5 Å². The maximum Gasteiger partial charge on any atom is 0.231 e. The van der Waals surface area contributed by atoms with Gasteiger partial charge in [0.15, 0.2) is 0 Å². The number of carbonyl (C=O) groups excluding carboxylic acids is 2. The van der Waals surface area contributed by atoms with E-state index in [0.717, 1.165) is 53.7 Å². The highest BCUT2D eigenvalue weighted by molar-refractivity contribution is 9.46. The number of hydrogen-bond acceptors (Lipinski definition) is 11. The lowest BCUT2D eigenvalue weighted by molar-refractivity contribution is -0.118. The van der Waals surface area contributed by atoms with Crippen molar-refractivity contribution in [2.24, 2.45) is 14.1 Å². The Kier molecular flexibility index (Phi) is 44.7. The molecule has 0 fully saturated rings.